The Labute approximate surface area is 141 Å². The lowest BCUT2D eigenvalue weighted by molar-refractivity contribution is 0.121. The van der Waals surface area contributed by atoms with Gasteiger partial charge in [-0.25, -0.2) is 4.98 Å². The van der Waals surface area contributed by atoms with Gasteiger partial charge in [-0.05, 0) is 26.3 Å². The highest BCUT2D eigenvalue weighted by atomic mass is 16.5. The van der Waals surface area contributed by atoms with Crippen LogP contribution >= 0.6 is 0 Å². The number of aromatic nitrogens is 4. The van der Waals surface area contributed by atoms with Gasteiger partial charge in [-0.1, -0.05) is 0 Å². The Morgan fingerprint density at radius 3 is 3.12 bits per heavy atom. The van der Waals surface area contributed by atoms with Crippen LogP contribution in [0.1, 0.15) is 31.3 Å². The van der Waals surface area contributed by atoms with Crippen molar-refractivity contribution in [3.63, 3.8) is 0 Å². The fourth-order valence-corrected chi connectivity index (χ4v) is 3.20. The first kappa shape index (κ1) is 16.9. The molecule has 3 heterocycles. The maximum absolute atomic E-state index is 11.4. The summed E-state index contributed by atoms with van der Waals surface area (Å²) in [6.45, 7) is 8.41. The molecular weight excluding hydrogens is 306 g/mol. The van der Waals surface area contributed by atoms with Crippen molar-refractivity contribution in [2.45, 2.75) is 32.9 Å². The highest BCUT2D eigenvalue weighted by Crippen LogP contribution is 2.16. The van der Waals surface area contributed by atoms with Crippen molar-refractivity contribution in [1.82, 2.24) is 24.6 Å². The summed E-state index contributed by atoms with van der Waals surface area (Å²) in [4.78, 5) is 20.7. The van der Waals surface area contributed by atoms with E-state index in [4.69, 9.17) is 4.74 Å². The van der Waals surface area contributed by atoms with Crippen LogP contribution in [-0.4, -0.2) is 51.0 Å². The number of hydrogen-bond acceptors (Lipinski definition) is 5. The lowest BCUT2D eigenvalue weighted by Crippen LogP contribution is -2.31. The van der Waals surface area contributed by atoms with Crippen LogP contribution in [0, 0.1) is 5.92 Å². The Balaban J connectivity index is 1.66. The van der Waals surface area contributed by atoms with Crippen LogP contribution < -0.4 is 5.56 Å². The Bertz CT molecular complexity index is 709. The maximum Gasteiger partial charge on any atom is 0.250 e. The molecule has 0 radical (unpaired) electrons. The van der Waals surface area contributed by atoms with E-state index >= 15 is 0 Å². The van der Waals surface area contributed by atoms with E-state index in [0.29, 0.717) is 18.6 Å². The largest absolute Gasteiger partial charge is 0.380 e. The molecule has 1 N–H and O–H groups in total. The van der Waals surface area contributed by atoms with Gasteiger partial charge in [0.2, 0.25) is 0 Å². The molecule has 3 rings (SSSR count). The third kappa shape index (κ3) is 4.30. The molecule has 1 saturated heterocycles. The molecule has 0 unspecified atom stereocenters. The van der Waals surface area contributed by atoms with Gasteiger partial charge in [-0.3, -0.25) is 14.4 Å². The monoisotopic (exact) mass is 331 g/mol. The van der Waals surface area contributed by atoms with Gasteiger partial charge < -0.3 is 9.72 Å². The van der Waals surface area contributed by atoms with Crippen molar-refractivity contribution in [2.75, 3.05) is 26.3 Å². The minimum absolute atomic E-state index is 0.104. The third-order valence-corrected chi connectivity index (χ3v) is 4.28. The Kier molecular flexibility index (Phi) is 5.42. The molecule has 0 aromatic carbocycles. The molecule has 0 bridgehead atoms. The minimum atomic E-state index is -0.104. The molecule has 0 spiro atoms. The van der Waals surface area contributed by atoms with E-state index in [1.165, 1.54) is 12.0 Å². The molecule has 0 aliphatic carbocycles. The summed E-state index contributed by atoms with van der Waals surface area (Å²) in [7, 11) is 0. The molecule has 1 atom stereocenters. The van der Waals surface area contributed by atoms with E-state index in [9.17, 15) is 4.79 Å². The van der Waals surface area contributed by atoms with E-state index in [0.717, 1.165) is 38.4 Å². The topological polar surface area (TPSA) is 76.0 Å². The highest BCUT2D eigenvalue weighted by molar-refractivity contribution is 5.03. The van der Waals surface area contributed by atoms with Gasteiger partial charge in [-0.2, -0.15) is 5.10 Å². The van der Waals surface area contributed by atoms with Gasteiger partial charge in [0.1, 0.15) is 0 Å². The number of aromatic amines is 1. The second kappa shape index (κ2) is 7.72. The van der Waals surface area contributed by atoms with Crippen molar-refractivity contribution in [1.29, 1.82) is 0 Å². The summed E-state index contributed by atoms with van der Waals surface area (Å²) >= 11 is 0. The van der Waals surface area contributed by atoms with Gasteiger partial charge in [0, 0.05) is 49.6 Å². The van der Waals surface area contributed by atoms with Crippen LogP contribution in [0.5, 0.6) is 0 Å². The van der Waals surface area contributed by atoms with Crippen LogP contribution in [0.25, 0.3) is 0 Å². The number of nitrogens with zero attached hydrogens (tertiary/aromatic N) is 4. The number of ether oxygens (including phenoxy) is 1. The van der Waals surface area contributed by atoms with Gasteiger partial charge in [-0.15, -0.1) is 0 Å². The number of nitrogens with one attached hydrogen (secondary N) is 1. The van der Waals surface area contributed by atoms with Crippen molar-refractivity contribution >= 4 is 0 Å². The van der Waals surface area contributed by atoms with E-state index in [1.54, 1.807) is 6.07 Å². The lowest BCUT2D eigenvalue weighted by Gasteiger charge is -2.24. The van der Waals surface area contributed by atoms with Gasteiger partial charge >= 0.3 is 0 Å². The Hall–Kier alpha value is -1.99. The van der Waals surface area contributed by atoms with E-state index in [-0.39, 0.29) is 5.56 Å². The van der Waals surface area contributed by atoms with E-state index in [1.807, 2.05) is 6.20 Å². The van der Waals surface area contributed by atoms with Gasteiger partial charge in [0.25, 0.3) is 5.56 Å². The number of rotatable bonds is 5. The molecule has 7 nitrogen and oxygen atoms in total. The second-order valence-corrected chi connectivity index (χ2v) is 6.64. The average Bonchev–Trinajstić information content (AvgIpc) is 2.88. The fraction of sp³-hybridized carbons (Fsp3) is 0.588. The van der Waals surface area contributed by atoms with Crippen molar-refractivity contribution in [3.05, 3.63) is 46.4 Å². The molecule has 1 aliphatic rings. The quantitative estimate of drug-likeness (QED) is 0.892. The number of hydrogen-bond donors (Lipinski definition) is 1. The zero-order chi connectivity index (χ0) is 16.9. The van der Waals surface area contributed by atoms with Gasteiger partial charge in [0.05, 0.1) is 25.2 Å². The second-order valence-electron chi connectivity index (χ2n) is 6.64. The van der Waals surface area contributed by atoms with Crippen LogP contribution in [0.15, 0.2) is 29.5 Å². The summed E-state index contributed by atoms with van der Waals surface area (Å²) in [5.74, 6) is 0.331. The molecule has 1 fully saturated rings. The van der Waals surface area contributed by atoms with Crippen LogP contribution in [0.2, 0.25) is 0 Å². The Morgan fingerprint density at radius 1 is 1.46 bits per heavy atom. The maximum atomic E-state index is 11.4. The average molecular weight is 331 g/mol. The van der Waals surface area contributed by atoms with Crippen LogP contribution in [0.4, 0.5) is 0 Å². The van der Waals surface area contributed by atoms with E-state index in [2.05, 4.69) is 44.6 Å². The standard InChI is InChI=1S/C17H25N5O2/c1-13(2)22-16(3-4-20-22)10-21-5-6-24-11-14(9-21)7-15-8-17(23)19-12-18-15/h3-4,8,12-14H,5-7,9-11H2,1-2H3,(H,18,19,23)/t14-/m0/s1. The smallest absolute Gasteiger partial charge is 0.250 e. The molecule has 2 aromatic rings. The first-order chi connectivity index (χ1) is 11.6. The van der Waals surface area contributed by atoms with E-state index < -0.39 is 0 Å². The van der Waals surface area contributed by atoms with Crippen LogP contribution in [0.3, 0.4) is 0 Å². The summed E-state index contributed by atoms with van der Waals surface area (Å²) in [6, 6.07) is 4.01. The molecule has 7 heteroatoms. The highest BCUT2D eigenvalue weighted by Gasteiger charge is 2.21. The molecule has 0 amide bonds. The molecule has 2 aromatic heterocycles. The van der Waals surface area contributed by atoms with Gasteiger partial charge in [0.15, 0.2) is 0 Å². The SMILES string of the molecule is CC(C)n1nccc1CN1CCOC[C@@H](Cc2cc(=O)[nH]cn2)C1. The summed E-state index contributed by atoms with van der Waals surface area (Å²) in [5, 5.41) is 4.41. The zero-order valence-corrected chi connectivity index (χ0v) is 14.3. The van der Waals surface area contributed by atoms with Crippen molar-refractivity contribution in [3.8, 4) is 0 Å². The molecule has 130 valence electrons. The first-order valence-electron chi connectivity index (χ1n) is 8.48. The van der Waals surface area contributed by atoms with Crippen molar-refractivity contribution in [2.24, 2.45) is 5.92 Å². The molecular formula is C17H25N5O2. The lowest BCUT2D eigenvalue weighted by atomic mass is 10.0. The summed E-state index contributed by atoms with van der Waals surface area (Å²) in [5.41, 5.74) is 1.94. The predicted octanol–water partition coefficient (Wildman–Crippen LogP) is 1.24. The zero-order valence-electron chi connectivity index (χ0n) is 14.3. The first-order valence-corrected chi connectivity index (χ1v) is 8.48. The van der Waals surface area contributed by atoms with Crippen LogP contribution in [-0.2, 0) is 17.7 Å². The third-order valence-electron chi connectivity index (χ3n) is 4.28. The number of H-pyrrole nitrogens is 1. The molecule has 24 heavy (non-hydrogen) atoms. The summed E-state index contributed by atoms with van der Waals surface area (Å²) in [6.07, 6.45) is 4.08. The predicted molar refractivity (Wildman–Crippen MR) is 90.8 cm³/mol. The van der Waals surface area contributed by atoms with Crippen molar-refractivity contribution < 1.29 is 4.74 Å². The molecule has 0 saturated carbocycles. The minimum Gasteiger partial charge on any atom is -0.380 e. The Morgan fingerprint density at radius 2 is 2.33 bits per heavy atom. The fourth-order valence-electron chi connectivity index (χ4n) is 3.20. The summed E-state index contributed by atoms with van der Waals surface area (Å²) < 4.78 is 7.83. The molecule has 1 aliphatic heterocycles. The normalized spacial score (nSPS) is 19.5.